The summed E-state index contributed by atoms with van der Waals surface area (Å²) >= 11 is 0. The zero-order chi connectivity index (χ0) is 15.0. The molecule has 1 spiro atoms. The molecular formula is C17H22N2O3. The summed E-state index contributed by atoms with van der Waals surface area (Å²) in [5, 5.41) is 0. The van der Waals surface area contributed by atoms with Crippen LogP contribution in [0.4, 0.5) is 0 Å². The highest BCUT2D eigenvalue weighted by Crippen LogP contribution is 2.43. The third kappa shape index (κ3) is 2.43. The van der Waals surface area contributed by atoms with E-state index in [1.54, 1.807) is 0 Å². The molecule has 1 aromatic rings. The third-order valence-corrected chi connectivity index (χ3v) is 5.05. The highest BCUT2D eigenvalue weighted by molar-refractivity contribution is 5.78. The molecule has 5 nitrogen and oxygen atoms in total. The number of amides is 1. The Kier molecular flexibility index (Phi) is 3.64. The Bertz CT molecular complexity index is 571. The van der Waals surface area contributed by atoms with Crippen LogP contribution in [0.15, 0.2) is 24.3 Å². The van der Waals surface area contributed by atoms with Crippen LogP contribution in [-0.4, -0.2) is 61.6 Å². The van der Waals surface area contributed by atoms with Gasteiger partial charge in [0.25, 0.3) is 0 Å². The van der Waals surface area contributed by atoms with Gasteiger partial charge in [-0.2, -0.15) is 0 Å². The van der Waals surface area contributed by atoms with Gasteiger partial charge in [-0.3, -0.25) is 9.69 Å². The number of carbonyl (C=O) groups excluding carboxylic acids is 1. The van der Waals surface area contributed by atoms with Gasteiger partial charge in [0.1, 0.15) is 5.60 Å². The number of nitrogens with zero attached hydrogens (tertiary/aromatic N) is 2. The number of likely N-dealkylation sites (tertiary alicyclic amines) is 1. The largest absolute Gasteiger partial charge is 0.378 e. The van der Waals surface area contributed by atoms with Gasteiger partial charge < -0.3 is 14.4 Å². The minimum atomic E-state index is -0.193. The quantitative estimate of drug-likeness (QED) is 0.816. The van der Waals surface area contributed by atoms with Gasteiger partial charge >= 0.3 is 0 Å². The van der Waals surface area contributed by atoms with Crippen molar-refractivity contribution in [1.29, 1.82) is 0 Å². The molecule has 0 saturated carbocycles. The highest BCUT2D eigenvalue weighted by atomic mass is 16.5. The van der Waals surface area contributed by atoms with Crippen molar-refractivity contribution in [1.82, 2.24) is 9.80 Å². The van der Waals surface area contributed by atoms with Crippen LogP contribution < -0.4 is 0 Å². The summed E-state index contributed by atoms with van der Waals surface area (Å²) in [5.74, 6) is 0.214. The lowest BCUT2D eigenvalue weighted by molar-refractivity contribution is -0.136. The van der Waals surface area contributed by atoms with Crippen LogP contribution in [0.2, 0.25) is 0 Å². The second-order valence-corrected chi connectivity index (χ2v) is 6.39. The van der Waals surface area contributed by atoms with E-state index in [2.05, 4.69) is 29.2 Å². The van der Waals surface area contributed by atoms with Crippen LogP contribution in [0.3, 0.4) is 0 Å². The zero-order valence-electron chi connectivity index (χ0n) is 12.8. The summed E-state index contributed by atoms with van der Waals surface area (Å²) in [6.45, 7) is 5.69. The topological polar surface area (TPSA) is 42.0 Å². The van der Waals surface area contributed by atoms with Crippen molar-refractivity contribution in [2.45, 2.75) is 18.6 Å². The average molecular weight is 302 g/mol. The summed E-state index contributed by atoms with van der Waals surface area (Å²) in [4.78, 5) is 16.5. The molecular weight excluding hydrogens is 280 g/mol. The number of benzene rings is 1. The number of rotatable bonds is 2. The summed E-state index contributed by atoms with van der Waals surface area (Å²) in [7, 11) is 0. The van der Waals surface area contributed by atoms with Gasteiger partial charge in [0.05, 0.1) is 26.4 Å². The Morgan fingerprint density at radius 2 is 2.00 bits per heavy atom. The first-order valence-electron chi connectivity index (χ1n) is 8.07. The van der Waals surface area contributed by atoms with Crippen molar-refractivity contribution >= 4 is 5.91 Å². The minimum absolute atomic E-state index is 0.193. The Morgan fingerprint density at radius 3 is 2.86 bits per heavy atom. The molecule has 0 aliphatic carbocycles. The van der Waals surface area contributed by atoms with Gasteiger partial charge in [0.2, 0.25) is 5.91 Å². The summed E-state index contributed by atoms with van der Waals surface area (Å²) in [5.41, 5.74) is 2.42. The third-order valence-electron chi connectivity index (χ3n) is 5.05. The van der Waals surface area contributed by atoms with E-state index in [1.165, 1.54) is 11.1 Å². The second kappa shape index (κ2) is 5.65. The maximum atomic E-state index is 12.4. The summed E-state index contributed by atoms with van der Waals surface area (Å²) in [6, 6.07) is 8.47. The monoisotopic (exact) mass is 302 g/mol. The lowest BCUT2D eigenvalue weighted by Crippen LogP contribution is -2.45. The molecule has 5 heteroatoms. The predicted octanol–water partition coefficient (Wildman–Crippen LogP) is 0.977. The maximum absolute atomic E-state index is 12.4. The Labute approximate surface area is 130 Å². The molecule has 0 aromatic heterocycles. The Balaban J connectivity index is 1.42. The summed E-state index contributed by atoms with van der Waals surface area (Å²) in [6.07, 6.45) is 0.973. The van der Waals surface area contributed by atoms with E-state index in [-0.39, 0.29) is 11.5 Å². The Morgan fingerprint density at radius 1 is 1.18 bits per heavy atom. The van der Waals surface area contributed by atoms with Crippen LogP contribution in [0.1, 0.15) is 17.5 Å². The maximum Gasteiger partial charge on any atom is 0.236 e. The zero-order valence-corrected chi connectivity index (χ0v) is 12.8. The lowest BCUT2D eigenvalue weighted by Gasteiger charge is -2.29. The molecule has 22 heavy (non-hydrogen) atoms. The first kappa shape index (κ1) is 14.2. The van der Waals surface area contributed by atoms with Crippen molar-refractivity contribution in [3.63, 3.8) is 0 Å². The highest BCUT2D eigenvalue weighted by Gasteiger charge is 2.45. The Hall–Kier alpha value is -1.43. The van der Waals surface area contributed by atoms with Crippen LogP contribution >= 0.6 is 0 Å². The predicted molar refractivity (Wildman–Crippen MR) is 81.4 cm³/mol. The van der Waals surface area contributed by atoms with Crippen molar-refractivity contribution in [3.05, 3.63) is 35.4 Å². The van der Waals surface area contributed by atoms with E-state index in [0.29, 0.717) is 26.4 Å². The normalized spacial score (nSPS) is 28.3. The lowest BCUT2D eigenvalue weighted by atomic mass is 9.92. The van der Waals surface area contributed by atoms with Gasteiger partial charge in [-0.25, -0.2) is 0 Å². The first-order valence-corrected chi connectivity index (χ1v) is 8.07. The number of ether oxygens (including phenoxy) is 2. The fourth-order valence-electron chi connectivity index (χ4n) is 3.82. The molecule has 1 atom stereocenters. The molecule has 3 aliphatic heterocycles. The minimum Gasteiger partial charge on any atom is -0.378 e. The van der Waals surface area contributed by atoms with Gasteiger partial charge in [-0.15, -0.1) is 0 Å². The molecule has 1 amide bonds. The van der Waals surface area contributed by atoms with Gasteiger partial charge in [0, 0.05) is 26.2 Å². The first-order chi connectivity index (χ1) is 10.8. The fourth-order valence-corrected chi connectivity index (χ4v) is 3.82. The standard InChI is InChI=1S/C17H22N2O3/c20-16(19-7-9-21-10-8-19)11-18-6-5-17(13-18)15-4-2-1-3-14(15)12-22-17/h1-4H,5-13H2. The molecule has 3 heterocycles. The SMILES string of the molecule is O=C(CN1CCC2(C1)OCc1ccccc12)N1CCOCC1. The van der Waals surface area contributed by atoms with E-state index >= 15 is 0 Å². The molecule has 4 rings (SSSR count). The second-order valence-electron chi connectivity index (χ2n) is 6.39. The molecule has 3 aliphatic rings. The number of morpholine rings is 1. The number of hydrogen-bond donors (Lipinski definition) is 0. The van der Waals surface area contributed by atoms with Crippen LogP contribution in [0.5, 0.6) is 0 Å². The number of hydrogen-bond acceptors (Lipinski definition) is 4. The van der Waals surface area contributed by atoms with Gasteiger partial charge in [-0.1, -0.05) is 24.3 Å². The molecule has 1 aromatic carbocycles. The van der Waals surface area contributed by atoms with Gasteiger partial charge in [-0.05, 0) is 17.5 Å². The molecule has 0 radical (unpaired) electrons. The number of fused-ring (bicyclic) bond motifs is 2. The van der Waals surface area contributed by atoms with E-state index in [4.69, 9.17) is 9.47 Å². The van der Waals surface area contributed by atoms with E-state index in [9.17, 15) is 4.79 Å². The van der Waals surface area contributed by atoms with E-state index in [1.807, 2.05) is 4.90 Å². The summed E-state index contributed by atoms with van der Waals surface area (Å²) < 4.78 is 11.5. The smallest absolute Gasteiger partial charge is 0.236 e. The van der Waals surface area contributed by atoms with Crippen LogP contribution in [0, 0.1) is 0 Å². The van der Waals surface area contributed by atoms with Crippen molar-refractivity contribution in [2.75, 3.05) is 45.9 Å². The molecule has 0 bridgehead atoms. The van der Waals surface area contributed by atoms with Crippen LogP contribution in [-0.2, 0) is 26.5 Å². The molecule has 2 fully saturated rings. The van der Waals surface area contributed by atoms with E-state index in [0.717, 1.165) is 32.6 Å². The van der Waals surface area contributed by atoms with Crippen LogP contribution in [0.25, 0.3) is 0 Å². The van der Waals surface area contributed by atoms with Gasteiger partial charge in [0.15, 0.2) is 0 Å². The van der Waals surface area contributed by atoms with E-state index < -0.39 is 0 Å². The molecule has 0 N–H and O–H groups in total. The molecule has 1 unspecified atom stereocenters. The number of carbonyl (C=O) groups is 1. The van der Waals surface area contributed by atoms with Crippen molar-refractivity contribution < 1.29 is 14.3 Å². The average Bonchev–Trinajstić information content (AvgIpc) is 3.14. The molecule has 2 saturated heterocycles. The molecule has 118 valence electrons. The van der Waals surface area contributed by atoms with Crippen molar-refractivity contribution in [2.24, 2.45) is 0 Å². The fraction of sp³-hybridized carbons (Fsp3) is 0.588. The van der Waals surface area contributed by atoms with Crippen molar-refractivity contribution in [3.8, 4) is 0 Å².